The van der Waals surface area contributed by atoms with Gasteiger partial charge in [-0.25, -0.2) is 14.8 Å². The molecule has 2 aromatic rings. The van der Waals surface area contributed by atoms with E-state index < -0.39 is 11.2 Å². The van der Waals surface area contributed by atoms with Crippen molar-refractivity contribution in [3.8, 4) is 0 Å². The molecule has 1 aliphatic carbocycles. The van der Waals surface area contributed by atoms with E-state index in [2.05, 4.69) is 25.3 Å². The predicted octanol–water partition coefficient (Wildman–Crippen LogP) is 0.996. The summed E-state index contributed by atoms with van der Waals surface area (Å²) < 4.78 is 0. The van der Waals surface area contributed by atoms with Gasteiger partial charge in [-0.3, -0.25) is 9.78 Å². The van der Waals surface area contributed by atoms with Crippen LogP contribution in [0.2, 0.25) is 5.15 Å². The highest BCUT2D eigenvalue weighted by molar-refractivity contribution is 6.29. The van der Waals surface area contributed by atoms with Crippen molar-refractivity contribution in [1.82, 2.24) is 19.9 Å². The van der Waals surface area contributed by atoms with E-state index >= 15 is 0 Å². The van der Waals surface area contributed by atoms with Crippen LogP contribution in [0.1, 0.15) is 30.3 Å². The summed E-state index contributed by atoms with van der Waals surface area (Å²) in [6.07, 6.45) is 2.17. The van der Waals surface area contributed by atoms with Gasteiger partial charge in [-0.15, -0.1) is 0 Å². The van der Waals surface area contributed by atoms with Crippen LogP contribution >= 0.6 is 11.6 Å². The minimum atomic E-state index is -0.534. The first-order valence-corrected chi connectivity index (χ1v) is 6.59. The summed E-state index contributed by atoms with van der Waals surface area (Å²) in [6.45, 7) is 0.274. The molecule has 104 valence electrons. The quantitative estimate of drug-likeness (QED) is 0.730. The zero-order valence-electron chi connectivity index (χ0n) is 10.4. The molecule has 0 unspecified atom stereocenters. The minimum Gasteiger partial charge on any atom is -0.364 e. The lowest BCUT2D eigenvalue weighted by molar-refractivity contribution is 0.904. The lowest BCUT2D eigenvalue weighted by atomic mass is 10.3. The Hall–Kier alpha value is -2.15. The third kappa shape index (κ3) is 3.05. The summed E-state index contributed by atoms with van der Waals surface area (Å²) in [5.74, 6) is 1.71. The SMILES string of the molecule is O=c1cc(CNc2cc(Cl)nc(C3CC3)n2)[nH]c(=O)[nH]1. The zero-order valence-corrected chi connectivity index (χ0v) is 11.2. The number of aromatic amines is 2. The van der Waals surface area contributed by atoms with E-state index in [9.17, 15) is 9.59 Å². The largest absolute Gasteiger partial charge is 0.364 e. The van der Waals surface area contributed by atoms with Gasteiger partial charge in [0.1, 0.15) is 16.8 Å². The maximum absolute atomic E-state index is 11.2. The van der Waals surface area contributed by atoms with E-state index in [0.717, 1.165) is 18.7 Å². The number of nitrogens with zero attached hydrogens (tertiary/aromatic N) is 2. The van der Waals surface area contributed by atoms with Crippen LogP contribution in [0.4, 0.5) is 5.82 Å². The first-order valence-electron chi connectivity index (χ1n) is 6.21. The predicted molar refractivity (Wildman–Crippen MR) is 74.0 cm³/mol. The van der Waals surface area contributed by atoms with E-state index in [-0.39, 0.29) is 6.54 Å². The highest BCUT2D eigenvalue weighted by Gasteiger charge is 2.27. The van der Waals surface area contributed by atoms with E-state index in [1.807, 2.05) is 0 Å². The van der Waals surface area contributed by atoms with Crippen LogP contribution in [0, 0.1) is 0 Å². The van der Waals surface area contributed by atoms with Crippen LogP contribution < -0.4 is 16.6 Å². The molecule has 0 spiro atoms. The molecule has 0 saturated heterocycles. The number of nitrogens with one attached hydrogen (secondary N) is 3. The van der Waals surface area contributed by atoms with Gasteiger partial charge < -0.3 is 10.3 Å². The Morgan fingerprint density at radius 1 is 1.25 bits per heavy atom. The average Bonchev–Trinajstić information content (AvgIpc) is 3.19. The molecule has 7 nitrogen and oxygen atoms in total. The second-order valence-electron chi connectivity index (χ2n) is 4.67. The topological polar surface area (TPSA) is 104 Å². The van der Waals surface area contributed by atoms with Gasteiger partial charge in [0.05, 0.1) is 6.54 Å². The molecule has 0 amide bonds. The average molecular weight is 294 g/mol. The van der Waals surface area contributed by atoms with Crippen LogP contribution in [0.25, 0.3) is 0 Å². The van der Waals surface area contributed by atoms with Crippen molar-refractivity contribution in [2.45, 2.75) is 25.3 Å². The Balaban J connectivity index is 1.77. The van der Waals surface area contributed by atoms with Crippen molar-refractivity contribution in [3.05, 3.63) is 49.6 Å². The maximum Gasteiger partial charge on any atom is 0.325 e. The highest BCUT2D eigenvalue weighted by atomic mass is 35.5. The second kappa shape index (κ2) is 5.09. The molecular formula is C12H12ClN5O2. The van der Waals surface area contributed by atoms with E-state index in [0.29, 0.717) is 22.6 Å². The smallest absolute Gasteiger partial charge is 0.325 e. The van der Waals surface area contributed by atoms with Gasteiger partial charge in [-0.1, -0.05) is 11.6 Å². The lowest BCUT2D eigenvalue weighted by Gasteiger charge is -2.07. The van der Waals surface area contributed by atoms with Crippen molar-refractivity contribution < 1.29 is 0 Å². The molecule has 2 heterocycles. The maximum atomic E-state index is 11.2. The fourth-order valence-electron chi connectivity index (χ4n) is 1.85. The summed E-state index contributed by atoms with van der Waals surface area (Å²) in [6, 6.07) is 2.93. The minimum absolute atomic E-state index is 0.274. The molecule has 0 aliphatic heterocycles. The van der Waals surface area contributed by atoms with Crippen LogP contribution in [-0.2, 0) is 6.54 Å². The molecule has 0 aromatic carbocycles. The van der Waals surface area contributed by atoms with Crippen molar-refractivity contribution in [2.24, 2.45) is 0 Å². The van der Waals surface area contributed by atoms with Crippen molar-refractivity contribution in [3.63, 3.8) is 0 Å². The van der Waals surface area contributed by atoms with Crippen molar-refractivity contribution in [1.29, 1.82) is 0 Å². The molecule has 3 N–H and O–H groups in total. The van der Waals surface area contributed by atoms with Gasteiger partial charge in [0, 0.05) is 23.7 Å². The normalized spacial score (nSPS) is 14.2. The number of anilines is 1. The Kier molecular flexibility index (Phi) is 3.27. The van der Waals surface area contributed by atoms with Crippen LogP contribution in [0.5, 0.6) is 0 Å². The molecule has 20 heavy (non-hydrogen) atoms. The Bertz CT molecular complexity index is 722. The number of halogens is 1. The highest BCUT2D eigenvalue weighted by Crippen LogP contribution is 2.38. The third-order valence-electron chi connectivity index (χ3n) is 2.93. The van der Waals surface area contributed by atoms with Gasteiger partial charge in [0.2, 0.25) is 0 Å². The van der Waals surface area contributed by atoms with Gasteiger partial charge in [0.15, 0.2) is 0 Å². The molecule has 0 radical (unpaired) electrons. The summed E-state index contributed by atoms with van der Waals surface area (Å²) in [4.78, 5) is 35.5. The van der Waals surface area contributed by atoms with Crippen molar-refractivity contribution in [2.75, 3.05) is 5.32 Å². The Morgan fingerprint density at radius 3 is 2.75 bits per heavy atom. The number of rotatable bonds is 4. The van der Waals surface area contributed by atoms with Gasteiger partial charge in [-0.2, -0.15) is 0 Å². The van der Waals surface area contributed by atoms with Gasteiger partial charge in [-0.05, 0) is 12.8 Å². The van der Waals surface area contributed by atoms with Gasteiger partial charge in [0.25, 0.3) is 5.56 Å². The van der Waals surface area contributed by atoms with Crippen LogP contribution in [-0.4, -0.2) is 19.9 Å². The van der Waals surface area contributed by atoms with Crippen molar-refractivity contribution >= 4 is 17.4 Å². The summed E-state index contributed by atoms with van der Waals surface area (Å²) in [5, 5.41) is 3.40. The number of hydrogen-bond acceptors (Lipinski definition) is 5. The monoisotopic (exact) mass is 293 g/mol. The number of hydrogen-bond donors (Lipinski definition) is 3. The van der Waals surface area contributed by atoms with E-state index in [1.165, 1.54) is 6.07 Å². The standard InChI is InChI=1S/C12H12ClN5O2/c13-8-4-9(17-11(16-8)6-1-2-6)14-5-7-3-10(19)18-12(20)15-7/h3-4,6H,1-2,5H2,(H,14,16,17)(H2,15,18,19,20). The number of aromatic nitrogens is 4. The molecule has 1 saturated carbocycles. The summed E-state index contributed by atoms with van der Waals surface area (Å²) >= 11 is 5.95. The molecule has 8 heteroatoms. The lowest BCUT2D eigenvalue weighted by Crippen LogP contribution is -2.24. The fraction of sp³-hybridized carbons (Fsp3) is 0.333. The third-order valence-corrected chi connectivity index (χ3v) is 3.12. The van der Waals surface area contributed by atoms with Crippen LogP contribution in [0.15, 0.2) is 21.7 Å². The molecule has 1 aliphatic rings. The zero-order chi connectivity index (χ0) is 14.1. The molecule has 0 atom stereocenters. The summed E-state index contributed by atoms with van der Waals surface area (Å²) in [5.41, 5.74) is -0.500. The Morgan fingerprint density at radius 2 is 2.05 bits per heavy atom. The Labute approximate surface area is 118 Å². The van der Waals surface area contributed by atoms with Crippen LogP contribution in [0.3, 0.4) is 0 Å². The molecule has 3 rings (SSSR count). The molecular weight excluding hydrogens is 282 g/mol. The first kappa shape index (κ1) is 12.9. The van der Waals surface area contributed by atoms with E-state index in [4.69, 9.17) is 11.6 Å². The molecule has 1 fully saturated rings. The second-order valence-corrected chi connectivity index (χ2v) is 5.06. The molecule has 0 bridgehead atoms. The van der Waals surface area contributed by atoms with Gasteiger partial charge >= 0.3 is 5.69 Å². The first-order chi connectivity index (χ1) is 9.60. The van der Waals surface area contributed by atoms with E-state index in [1.54, 1.807) is 6.07 Å². The molecule has 2 aromatic heterocycles. The number of H-pyrrole nitrogens is 2. The summed E-state index contributed by atoms with van der Waals surface area (Å²) in [7, 11) is 0. The fourth-order valence-corrected chi connectivity index (χ4v) is 2.04.